The molecule has 1 aliphatic carbocycles. The second-order valence-electron chi connectivity index (χ2n) is 6.40. The first-order valence-electron chi connectivity index (χ1n) is 8.74. The highest BCUT2D eigenvalue weighted by Gasteiger charge is 2.12. The van der Waals surface area contributed by atoms with Gasteiger partial charge in [0, 0.05) is 31.2 Å². The summed E-state index contributed by atoms with van der Waals surface area (Å²) in [4.78, 5) is 17.1. The zero-order chi connectivity index (χ0) is 16.8. The first-order chi connectivity index (χ1) is 11.7. The molecule has 4 rings (SSSR count). The molecule has 126 valence electrons. The van der Waals surface area contributed by atoms with Gasteiger partial charge in [0.15, 0.2) is 0 Å². The summed E-state index contributed by atoms with van der Waals surface area (Å²) in [6.45, 7) is 2.42. The predicted molar refractivity (Wildman–Crippen MR) is 95.7 cm³/mol. The summed E-state index contributed by atoms with van der Waals surface area (Å²) >= 11 is 0. The Morgan fingerprint density at radius 2 is 1.62 bits per heavy atom. The maximum absolute atomic E-state index is 10.6. The lowest BCUT2D eigenvalue weighted by Gasteiger charge is -2.28. The Hall–Kier alpha value is -2.36. The molecule has 2 aromatic rings. The van der Waals surface area contributed by atoms with Crippen LogP contribution in [0.1, 0.15) is 47.2 Å². The zero-order valence-corrected chi connectivity index (χ0v) is 13.9. The number of fused-ring (bicyclic) bond motifs is 1. The van der Waals surface area contributed by atoms with Crippen LogP contribution in [-0.2, 0) is 12.8 Å². The number of carbonyl (C=O) groups is 1. The molecule has 2 heterocycles. The van der Waals surface area contributed by atoms with Crippen LogP contribution in [0.4, 0.5) is 5.69 Å². The Kier molecular flexibility index (Phi) is 5.47. The minimum Gasteiger partial charge on any atom is -0.478 e. The molecule has 4 nitrogen and oxygen atoms in total. The SMILES string of the molecule is O=C(O)c1ccc2c(c1)CCC2.c1cc(N2CCCCC2)ccn1. The topological polar surface area (TPSA) is 53.4 Å². The van der Waals surface area contributed by atoms with Gasteiger partial charge in [0.1, 0.15) is 0 Å². The van der Waals surface area contributed by atoms with Crippen LogP contribution >= 0.6 is 0 Å². The Morgan fingerprint density at radius 1 is 0.917 bits per heavy atom. The fourth-order valence-electron chi connectivity index (χ4n) is 3.41. The van der Waals surface area contributed by atoms with Crippen molar-refractivity contribution in [3.8, 4) is 0 Å². The normalized spacial score (nSPS) is 16.1. The van der Waals surface area contributed by atoms with Crippen molar-refractivity contribution in [1.82, 2.24) is 4.98 Å². The molecule has 0 spiro atoms. The Bertz CT molecular complexity index is 679. The first kappa shape index (κ1) is 16.5. The van der Waals surface area contributed by atoms with E-state index in [2.05, 4.69) is 22.0 Å². The largest absolute Gasteiger partial charge is 0.478 e. The van der Waals surface area contributed by atoms with Gasteiger partial charge in [-0.25, -0.2) is 4.79 Å². The standard InChI is InChI=1S/C10H14N2.C10H10O2/c1-2-8-12(9-3-1)10-4-6-11-7-5-10;11-10(12)9-5-4-7-2-1-3-8(7)6-9/h4-7H,1-3,8-9H2;4-6H,1-3H2,(H,11,12). The van der Waals surface area contributed by atoms with Gasteiger partial charge in [0.05, 0.1) is 5.56 Å². The molecule has 0 unspecified atom stereocenters. The average molecular weight is 324 g/mol. The van der Waals surface area contributed by atoms with E-state index in [0.717, 1.165) is 12.8 Å². The van der Waals surface area contributed by atoms with Gasteiger partial charge in [-0.15, -0.1) is 0 Å². The Labute approximate surface area is 143 Å². The van der Waals surface area contributed by atoms with Crippen molar-refractivity contribution in [2.75, 3.05) is 18.0 Å². The molecule has 0 atom stereocenters. The highest BCUT2D eigenvalue weighted by Crippen LogP contribution is 2.22. The van der Waals surface area contributed by atoms with Gasteiger partial charge in [-0.3, -0.25) is 4.98 Å². The molecule has 4 heteroatoms. The van der Waals surface area contributed by atoms with E-state index < -0.39 is 5.97 Å². The molecule has 0 radical (unpaired) electrons. The summed E-state index contributed by atoms with van der Waals surface area (Å²) in [7, 11) is 0. The third-order valence-electron chi connectivity index (χ3n) is 4.73. The zero-order valence-electron chi connectivity index (χ0n) is 13.9. The van der Waals surface area contributed by atoms with Gasteiger partial charge >= 0.3 is 5.97 Å². The molecule has 1 fully saturated rings. The molecule has 1 aromatic carbocycles. The molecule has 2 aliphatic rings. The predicted octanol–water partition coefficient (Wildman–Crippen LogP) is 3.95. The number of hydrogen-bond donors (Lipinski definition) is 1. The molecule has 1 aliphatic heterocycles. The second kappa shape index (κ2) is 7.95. The van der Waals surface area contributed by atoms with Gasteiger partial charge in [0.2, 0.25) is 0 Å². The van der Waals surface area contributed by atoms with E-state index in [1.165, 1.54) is 55.6 Å². The third kappa shape index (κ3) is 4.13. The summed E-state index contributed by atoms with van der Waals surface area (Å²) in [5, 5.41) is 8.72. The second-order valence-corrected chi connectivity index (χ2v) is 6.40. The van der Waals surface area contributed by atoms with Gasteiger partial charge in [0.25, 0.3) is 0 Å². The van der Waals surface area contributed by atoms with E-state index >= 15 is 0 Å². The molecule has 1 saturated heterocycles. The number of anilines is 1. The van der Waals surface area contributed by atoms with Crippen LogP contribution in [0.25, 0.3) is 0 Å². The number of piperidine rings is 1. The summed E-state index contributed by atoms with van der Waals surface area (Å²) < 4.78 is 0. The van der Waals surface area contributed by atoms with E-state index in [0.29, 0.717) is 5.56 Å². The van der Waals surface area contributed by atoms with E-state index in [9.17, 15) is 4.79 Å². The number of aromatic nitrogens is 1. The van der Waals surface area contributed by atoms with E-state index in [-0.39, 0.29) is 0 Å². The minimum atomic E-state index is -0.829. The minimum absolute atomic E-state index is 0.413. The number of nitrogens with zero attached hydrogens (tertiary/aromatic N) is 2. The smallest absolute Gasteiger partial charge is 0.335 e. The highest BCUT2D eigenvalue weighted by atomic mass is 16.4. The molecule has 1 N–H and O–H groups in total. The number of carboxylic acid groups (broad SMARTS) is 1. The summed E-state index contributed by atoms with van der Waals surface area (Å²) in [5.41, 5.74) is 4.27. The van der Waals surface area contributed by atoms with Gasteiger partial charge in [-0.1, -0.05) is 6.07 Å². The van der Waals surface area contributed by atoms with Crippen LogP contribution in [0.2, 0.25) is 0 Å². The molecular formula is C20H24N2O2. The number of pyridine rings is 1. The maximum Gasteiger partial charge on any atom is 0.335 e. The monoisotopic (exact) mass is 324 g/mol. The van der Waals surface area contributed by atoms with Crippen molar-refractivity contribution < 1.29 is 9.90 Å². The van der Waals surface area contributed by atoms with Gasteiger partial charge < -0.3 is 10.0 Å². The first-order valence-corrected chi connectivity index (χ1v) is 8.74. The number of rotatable bonds is 2. The molecule has 0 amide bonds. The molecule has 1 aromatic heterocycles. The van der Waals surface area contributed by atoms with Crippen molar-refractivity contribution in [2.24, 2.45) is 0 Å². The lowest BCUT2D eigenvalue weighted by atomic mass is 10.1. The van der Waals surface area contributed by atoms with Crippen LogP contribution in [-0.4, -0.2) is 29.1 Å². The number of aromatic carboxylic acids is 1. The van der Waals surface area contributed by atoms with Crippen LogP contribution in [0.15, 0.2) is 42.7 Å². The average Bonchev–Trinajstić information content (AvgIpc) is 3.11. The van der Waals surface area contributed by atoms with Crippen molar-refractivity contribution in [1.29, 1.82) is 0 Å². The lowest BCUT2D eigenvalue weighted by Crippen LogP contribution is -2.29. The van der Waals surface area contributed by atoms with Crippen molar-refractivity contribution >= 4 is 11.7 Å². The quantitative estimate of drug-likeness (QED) is 0.909. The summed E-state index contributed by atoms with van der Waals surface area (Å²) in [6.07, 6.45) is 11.1. The Balaban J connectivity index is 0.000000141. The number of aryl methyl sites for hydroxylation is 2. The maximum atomic E-state index is 10.6. The highest BCUT2D eigenvalue weighted by molar-refractivity contribution is 5.87. The van der Waals surface area contributed by atoms with E-state index in [4.69, 9.17) is 5.11 Å². The van der Waals surface area contributed by atoms with Crippen molar-refractivity contribution in [3.63, 3.8) is 0 Å². The molecule has 0 saturated carbocycles. The van der Waals surface area contributed by atoms with E-state index in [1.807, 2.05) is 18.5 Å². The molecular weight excluding hydrogens is 300 g/mol. The number of carboxylic acids is 1. The van der Waals surface area contributed by atoms with Crippen LogP contribution in [0.3, 0.4) is 0 Å². The lowest BCUT2D eigenvalue weighted by molar-refractivity contribution is 0.0697. The van der Waals surface area contributed by atoms with Gasteiger partial charge in [-0.05, 0) is 73.9 Å². The summed E-state index contributed by atoms with van der Waals surface area (Å²) in [6, 6.07) is 9.60. The van der Waals surface area contributed by atoms with E-state index in [1.54, 1.807) is 12.1 Å². The van der Waals surface area contributed by atoms with Crippen LogP contribution in [0.5, 0.6) is 0 Å². The van der Waals surface area contributed by atoms with Crippen LogP contribution in [0, 0.1) is 0 Å². The van der Waals surface area contributed by atoms with Crippen LogP contribution < -0.4 is 4.90 Å². The Morgan fingerprint density at radius 3 is 2.33 bits per heavy atom. The number of benzene rings is 1. The van der Waals surface area contributed by atoms with Crippen molar-refractivity contribution in [2.45, 2.75) is 38.5 Å². The third-order valence-corrected chi connectivity index (χ3v) is 4.73. The molecule has 0 bridgehead atoms. The fraction of sp³-hybridized carbons (Fsp3) is 0.400. The van der Waals surface area contributed by atoms with Crippen molar-refractivity contribution in [3.05, 3.63) is 59.4 Å². The summed E-state index contributed by atoms with van der Waals surface area (Å²) in [5.74, 6) is -0.829. The van der Waals surface area contributed by atoms with Gasteiger partial charge in [-0.2, -0.15) is 0 Å². The fourth-order valence-corrected chi connectivity index (χ4v) is 3.41. The number of hydrogen-bond acceptors (Lipinski definition) is 3. The molecule has 24 heavy (non-hydrogen) atoms.